The van der Waals surface area contributed by atoms with Gasteiger partial charge in [0.2, 0.25) is 17.6 Å². The normalized spacial score (nSPS) is 15.7. The summed E-state index contributed by atoms with van der Waals surface area (Å²) >= 11 is 0. The SMILES string of the molecule is CC(C)n1ncc2ccc(-c3noc(C4CCN(C(=O)CN(C)C)CC4)n3)cc21. The molecule has 1 aliphatic heterocycles. The van der Waals surface area contributed by atoms with Gasteiger partial charge in [-0.25, -0.2) is 0 Å². The Bertz CT molecular complexity index is 998. The highest BCUT2D eigenvalue weighted by molar-refractivity contribution is 5.83. The lowest BCUT2D eigenvalue weighted by atomic mass is 9.96. The molecular weight excluding hydrogens is 368 g/mol. The molecule has 3 aromatic rings. The number of nitrogens with zero attached hydrogens (tertiary/aromatic N) is 6. The van der Waals surface area contributed by atoms with Crippen molar-refractivity contribution in [2.75, 3.05) is 33.7 Å². The van der Waals surface area contributed by atoms with E-state index in [9.17, 15) is 4.79 Å². The molecule has 154 valence electrons. The maximum absolute atomic E-state index is 12.2. The maximum Gasteiger partial charge on any atom is 0.236 e. The third-order valence-corrected chi connectivity index (χ3v) is 5.44. The molecule has 8 nitrogen and oxygen atoms in total. The zero-order chi connectivity index (χ0) is 20.5. The summed E-state index contributed by atoms with van der Waals surface area (Å²) in [4.78, 5) is 20.7. The second-order valence-electron chi connectivity index (χ2n) is 8.31. The molecule has 0 atom stereocenters. The van der Waals surface area contributed by atoms with Crippen LogP contribution in [0.1, 0.15) is 44.5 Å². The van der Waals surface area contributed by atoms with Crippen molar-refractivity contribution in [2.45, 2.75) is 38.6 Å². The van der Waals surface area contributed by atoms with E-state index in [1.807, 2.05) is 46.9 Å². The van der Waals surface area contributed by atoms with Gasteiger partial charge in [0.15, 0.2) is 0 Å². The molecule has 0 unspecified atom stereocenters. The molecule has 1 aromatic carbocycles. The van der Waals surface area contributed by atoms with E-state index in [1.54, 1.807) is 0 Å². The summed E-state index contributed by atoms with van der Waals surface area (Å²) in [6.45, 7) is 6.14. The first kappa shape index (κ1) is 19.6. The van der Waals surface area contributed by atoms with Crippen molar-refractivity contribution in [1.82, 2.24) is 29.7 Å². The molecule has 2 aromatic heterocycles. The van der Waals surface area contributed by atoms with Crippen LogP contribution < -0.4 is 0 Å². The largest absolute Gasteiger partial charge is 0.342 e. The number of carbonyl (C=O) groups excluding carboxylic acids is 1. The first-order chi connectivity index (χ1) is 13.9. The molecule has 3 heterocycles. The lowest BCUT2D eigenvalue weighted by molar-refractivity contribution is -0.132. The number of carbonyl (C=O) groups is 1. The van der Waals surface area contributed by atoms with Gasteiger partial charge in [0.1, 0.15) is 0 Å². The lowest BCUT2D eigenvalue weighted by Crippen LogP contribution is -2.42. The molecule has 1 saturated heterocycles. The van der Waals surface area contributed by atoms with E-state index in [0.29, 0.717) is 18.3 Å². The van der Waals surface area contributed by atoms with Crippen molar-refractivity contribution in [3.8, 4) is 11.4 Å². The van der Waals surface area contributed by atoms with Crippen molar-refractivity contribution >= 4 is 16.8 Å². The van der Waals surface area contributed by atoms with Gasteiger partial charge in [0, 0.05) is 36.0 Å². The number of amides is 1. The Kier molecular flexibility index (Phi) is 5.36. The average molecular weight is 396 g/mol. The van der Waals surface area contributed by atoms with Crippen LogP contribution in [-0.2, 0) is 4.79 Å². The fraction of sp³-hybridized carbons (Fsp3) is 0.524. The molecule has 0 spiro atoms. The van der Waals surface area contributed by atoms with Crippen molar-refractivity contribution in [3.05, 3.63) is 30.3 Å². The van der Waals surface area contributed by atoms with E-state index in [1.165, 1.54) is 0 Å². The van der Waals surface area contributed by atoms with Crippen LogP contribution in [0.2, 0.25) is 0 Å². The number of aromatic nitrogens is 4. The van der Waals surface area contributed by atoms with Crippen LogP contribution in [-0.4, -0.2) is 69.4 Å². The number of hydrogen-bond donors (Lipinski definition) is 0. The van der Waals surface area contributed by atoms with Crippen molar-refractivity contribution in [3.63, 3.8) is 0 Å². The first-order valence-corrected chi connectivity index (χ1v) is 10.2. The van der Waals surface area contributed by atoms with Crippen LogP contribution in [0, 0.1) is 0 Å². The Hall–Kier alpha value is -2.74. The van der Waals surface area contributed by atoms with Crippen LogP contribution in [0.4, 0.5) is 0 Å². The smallest absolute Gasteiger partial charge is 0.236 e. The van der Waals surface area contributed by atoms with Gasteiger partial charge in [0.05, 0.1) is 18.3 Å². The molecule has 0 aliphatic carbocycles. The molecule has 8 heteroatoms. The monoisotopic (exact) mass is 396 g/mol. The highest BCUT2D eigenvalue weighted by Crippen LogP contribution is 2.30. The number of fused-ring (bicyclic) bond motifs is 1. The molecule has 1 aliphatic rings. The predicted octanol–water partition coefficient (Wildman–Crippen LogP) is 2.93. The summed E-state index contributed by atoms with van der Waals surface area (Å²) in [5, 5.41) is 9.78. The lowest BCUT2D eigenvalue weighted by Gasteiger charge is -2.31. The summed E-state index contributed by atoms with van der Waals surface area (Å²) in [6.07, 6.45) is 3.58. The molecule has 0 radical (unpaired) electrons. The number of benzene rings is 1. The van der Waals surface area contributed by atoms with E-state index in [4.69, 9.17) is 4.52 Å². The quantitative estimate of drug-likeness (QED) is 0.660. The third kappa shape index (κ3) is 4.03. The topological polar surface area (TPSA) is 80.3 Å². The van der Waals surface area contributed by atoms with E-state index in [-0.39, 0.29) is 17.9 Å². The molecule has 4 rings (SSSR count). The fourth-order valence-corrected chi connectivity index (χ4v) is 3.85. The Balaban J connectivity index is 1.47. The number of hydrogen-bond acceptors (Lipinski definition) is 6. The summed E-state index contributed by atoms with van der Waals surface area (Å²) < 4.78 is 7.60. The van der Waals surface area contributed by atoms with Gasteiger partial charge >= 0.3 is 0 Å². The van der Waals surface area contributed by atoms with Gasteiger partial charge in [-0.05, 0) is 46.9 Å². The van der Waals surface area contributed by atoms with Gasteiger partial charge in [0.25, 0.3) is 0 Å². The zero-order valence-corrected chi connectivity index (χ0v) is 17.5. The van der Waals surface area contributed by atoms with Crippen molar-refractivity contribution < 1.29 is 9.32 Å². The second kappa shape index (κ2) is 7.94. The van der Waals surface area contributed by atoms with Crippen LogP contribution in [0.15, 0.2) is 28.9 Å². The van der Waals surface area contributed by atoms with Gasteiger partial charge < -0.3 is 14.3 Å². The second-order valence-corrected chi connectivity index (χ2v) is 8.31. The minimum absolute atomic E-state index is 0.176. The highest BCUT2D eigenvalue weighted by atomic mass is 16.5. The van der Waals surface area contributed by atoms with Crippen molar-refractivity contribution in [2.24, 2.45) is 0 Å². The Morgan fingerprint density at radius 1 is 1.28 bits per heavy atom. The number of piperidine rings is 1. The van der Waals surface area contributed by atoms with Crippen LogP contribution in [0.5, 0.6) is 0 Å². The minimum Gasteiger partial charge on any atom is -0.342 e. The van der Waals surface area contributed by atoms with E-state index in [0.717, 1.165) is 42.4 Å². The minimum atomic E-state index is 0.176. The van der Waals surface area contributed by atoms with Gasteiger partial charge in [-0.1, -0.05) is 17.3 Å². The van der Waals surface area contributed by atoms with Crippen LogP contribution in [0.3, 0.4) is 0 Å². The Labute approximate surface area is 170 Å². The van der Waals surface area contributed by atoms with E-state index in [2.05, 4.69) is 35.2 Å². The summed E-state index contributed by atoms with van der Waals surface area (Å²) in [5.41, 5.74) is 1.99. The summed E-state index contributed by atoms with van der Waals surface area (Å²) in [5.74, 6) is 1.64. The molecule has 29 heavy (non-hydrogen) atoms. The molecule has 1 fully saturated rings. The van der Waals surface area contributed by atoms with Crippen LogP contribution >= 0.6 is 0 Å². The average Bonchev–Trinajstić information content (AvgIpc) is 3.34. The maximum atomic E-state index is 12.2. The van der Waals surface area contributed by atoms with E-state index >= 15 is 0 Å². The molecule has 0 bridgehead atoms. The van der Waals surface area contributed by atoms with E-state index < -0.39 is 0 Å². The molecule has 1 amide bonds. The van der Waals surface area contributed by atoms with Crippen LogP contribution in [0.25, 0.3) is 22.3 Å². The predicted molar refractivity (Wildman–Crippen MR) is 111 cm³/mol. The third-order valence-electron chi connectivity index (χ3n) is 5.44. The zero-order valence-electron chi connectivity index (χ0n) is 17.5. The highest BCUT2D eigenvalue weighted by Gasteiger charge is 2.27. The molecule has 0 saturated carbocycles. The number of likely N-dealkylation sites (N-methyl/N-ethyl adjacent to an activating group) is 1. The Morgan fingerprint density at radius 3 is 2.72 bits per heavy atom. The molecular formula is C21H28N6O2. The van der Waals surface area contributed by atoms with Gasteiger partial charge in [-0.2, -0.15) is 10.1 Å². The standard InChI is InChI=1S/C21H28N6O2/c1-14(2)27-18-11-16(5-6-17(18)12-22-27)20-23-21(29-24-20)15-7-9-26(10-8-15)19(28)13-25(3)4/h5-6,11-12,14-15H,7-10,13H2,1-4H3. The Morgan fingerprint density at radius 2 is 2.03 bits per heavy atom. The van der Waals surface area contributed by atoms with Gasteiger partial charge in [-0.3, -0.25) is 9.48 Å². The van der Waals surface area contributed by atoms with Gasteiger partial charge in [-0.15, -0.1) is 0 Å². The fourth-order valence-electron chi connectivity index (χ4n) is 3.85. The number of likely N-dealkylation sites (tertiary alicyclic amines) is 1. The van der Waals surface area contributed by atoms with Crippen molar-refractivity contribution in [1.29, 1.82) is 0 Å². The number of rotatable bonds is 5. The first-order valence-electron chi connectivity index (χ1n) is 10.2. The molecule has 0 N–H and O–H groups in total. The summed E-state index contributed by atoms with van der Waals surface area (Å²) in [7, 11) is 3.83. The summed E-state index contributed by atoms with van der Waals surface area (Å²) in [6, 6.07) is 6.40.